The van der Waals surface area contributed by atoms with Gasteiger partial charge in [0.05, 0.1) is 40.0 Å². The summed E-state index contributed by atoms with van der Waals surface area (Å²) in [4.78, 5) is 18.5. The number of benzene rings is 2. The van der Waals surface area contributed by atoms with Gasteiger partial charge >= 0.3 is 0 Å². The first-order valence-corrected chi connectivity index (χ1v) is 9.81. The zero-order valence-electron chi connectivity index (χ0n) is 17.9. The minimum absolute atomic E-state index is 0.0664. The molecule has 2 aromatic carbocycles. The first-order chi connectivity index (χ1) is 14.5. The molecule has 7 heteroatoms. The molecule has 0 fully saturated rings. The smallest absolute Gasteiger partial charge is 0.270 e. The van der Waals surface area contributed by atoms with E-state index in [2.05, 4.69) is 4.98 Å². The van der Waals surface area contributed by atoms with E-state index in [1.807, 2.05) is 42.2 Å². The highest BCUT2D eigenvalue weighted by atomic mass is 16.5. The number of aromatic nitrogens is 1. The molecule has 4 rings (SSSR count). The molecule has 30 heavy (non-hydrogen) atoms. The molecule has 7 nitrogen and oxygen atoms in total. The Labute approximate surface area is 175 Å². The van der Waals surface area contributed by atoms with Gasteiger partial charge in [0, 0.05) is 11.9 Å². The van der Waals surface area contributed by atoms with Gasteiger partial charge in [-0.3, -0.25) is 4.79 Å². The van der Waals surface area contributed by atoms with Crippen molar-refractivity contribution in [3.05, 3.63) is 47.2 Å². The standard InChI is InChI=1S/C23H26N2O5/c1-13-15-12-21(30-5)20(29-4)10-14(15)8-9-25(13)23(26)17-11-16-18(27-2)6-7-19(28-3)22(16)24-17/h6-7,10-13,24H,8-9H2,1-5H3. The van der Waals surface area contributed by atoms with Crippen LogP contribution in [0, 0.1) is 0 Å². The lowest BCUT2D eigenvalue weighted by Gasteiger charge is -2.35. The van der Waals surface area contributed by atoms with Gasteiger partial charge in [0.1, 0.15) is 17.2 Å². The number of amides is 1. The molecule has 1 amide bonds. The van der Waals surface area contributed by atoms with E-state index in [1.54, 1.807) is 28.4 Å². The number of rotatable bonds is 5. The highest BCUT2D eigenvalue weighted by Gasteiger charge is 2.31. The number of carbonyl (C=O) groups is 1. The highest BCUT2D eigenvalue weighted by Crippen LogP contribution is 2.39. The third-order valence-corrected chi connectivity index (χ3v) is 5.83. The van der Waals surface area contributed by atoms with E-state index in [0.29, 0.717) is 35.2 Å². The van der Waals surface area contributed by atoms with Crippen LogP contribution >= 0.6 is 0 Å². The lowest BCUT2D eigenvalue weighted by molar-refractivity contribution is 0.0672. The summed E-state index contributed by atoms with van der Waals surface area (Å²) in [5, 5.41) is 0.816. The molecule has 2 heterocycles. The van der Waals surface area contributed by atoms with Crippen molar-refractivity contribution in [2.75, 3.05) is 35.0 Å². The normalized spacial score (nSPS) is 15.6. The van der Waals surface area contributed by atoms with E-state index >= 15 is 0 Å². The van der Waals surface area contributed by atoms with Crippen molar-refractivity contribution in [2.45, 2.75) is 19.4 Å². The maximum Gasteiger partial charge on any atom is 0.270 e. The Hall–Kier alpha value is -3.35. The number of carbonyl (C=O) groups excluding carboxylic acids is 1. The summed E-state index contributed by atoms with van der Waals surface area (Å²) in [7, 11) is 6.46. The molecule has 0 spiro atoms. The minimum atomic E-state index is -0.101. The Bertz CT molecular complexity index is 1060. The van der Waals surface area contributed by atoms with E-state index in [-0.39, 0.29) is 11.9 Å². The molecule has 1 aliphatic heterocycles. The van der Waals surface area contributed by atoms with Crippen LogP contribution in [-0.2, 0) is 6.42 Å². The monoisotopic (exact) mass is 410 g/mol. The second kappa shape index (κ2) is 7.82. The predicted octanol–water partition coefficient (Wildman–Crippen LogP) is 3.96. The van der Waals surface area contributed by atoms with E-state index in [4.69, 9.17) is 18.9 Å². The lowest BCUT2D eigenvalue weighted by Crippen LogP contribution is -2.39. The molecular formula is C23H26N2O5. The van der Waals surface area contributed by atoms with Crippen LogP contribution in [-0.4, -0.2) is 50.8 Å². The molecule has 1 aliphatic rings. The first-order valence-electron chi connectivity index (χ1n) is 9.81. The van der Waals surface area contributed by atoms with Gasteiger partial charge in [-0.25, -0.2) is 0 Å². The number of fused-ring (bicyclic) bond motifs is 2. The summed E-state index contributed by atoms with van der Waals surface area (Å²) in [6.45, 7) is 2.65. The van der Waals surface area contributed by atoms with Crippen LogP contribution in [0.1, 0.15) is 34.6 Å². The van der Waals surface area contributed by atoms with Gasteiger partial charge in [0.25, 0.3) is 5.91 Å². The summed E-state index contributed by atoms with van der Waals surface area (Å²) in [5.74, 6) is 2.66. The SMILES string of the molecule is COc1cc2c(cc1OC)C(C)N(C(=O)c1cc3c(OC)ccc(OC)c3[nH]1)CC2. The van der Waals surface area contributed by atoms with Crippen molar-refractivity contribution < 1.29 is 23.7 Å². The van der Waals surface area contributed by atoms with E-state index in [1.165, 1.54) is 5.56 Å². The fourth-order valence-electron chi connectivity index (χ4n) is 4.21. The Morgan fingerprint density at radius 1 is 0.933 bits per heavy atom. The van der Waals surface area contributed by atoms with Crippen molar-refractivity contribution in [1.29, 1.82) is 0 Å². The van der Waals surface area contributed by atoms with Crippen molar-refractivity contribution in [3.63, 3.8) is 0 Å². The molecule has 0 saturated heterocycles. The number of H-pyrrole nitrogens is 1. The van der Waals surface area contributed by atoms with Gasteiger partial charge in [0.15, 0.2) is 11.5 Å². The third kappa shape index (κ3) is 3.10. The zero-order valence-corrected chi connectivity index (χ0v) is 17.9. The molecule has 1 atom stereocenters. The Kier molecular flexibility index (Phi) is 5.20. The topological polar surface area (TPSA) is 73.0 Å². The summed E-state index contributed by atoms with van der Waals surface area (Å²) in [6, 6.07) is 9.36. The molecular weight excluding hydrogens is 384 g/mol. The molecule has 0 bridgehead atoms. The van der Waals surface area contributed by atoms with Crippen molar-refractivity contribution in [3.8, 4) is 23.0 Å². The fraction of sp³-hybridized carbons (Fsp3) is 0.348. The van der Waals surface area contributed by atoms with Gasteiger partial charge in [0.2, 0.25) is 0 Å². The van der Waals surface area contributed by atoms with Crippen LogP contribution in [0.5, 0.6) is 23.0 Å². The number of methoxy groups -OCH3 is 4. The number of hydrogen-bond donors (Lipinski definition) is 1. The molecule has 0 radical (unpaired) electrons. The first kappa shape index (κ1) is 19.9. The fourth-order valence-corrected chi connectivity index (χ4v) is 4.21. The number of hydrogen-bond acceptors (Lipinski definition) is 5. The molecule has 0 saturated carbocycles. The molecule has 1 unspecified atom stereocenters. The predicted molar refractivity (Wildman–Crippen MR) is 114 cm³/mol. The maximum absolute atomic E-state index is 13.4. The van der Waals surface area contributed by atoms with Gasteiger partial charge in [-0.2, -0.15) is 0 Å². The number of nitrogens with one attached hydrogen (secondary N) is 1. The Morgan fingerprint density at radius 3 is 2.23 bits per heavy atom. The van der Waals surface area contributed by atoms with Crippen LogP contribution in [0.3, 0.4) is 0 Å². The summed E-state index contributed by atoms with van der Waals surface area (Å²) >= 11 is 0. The molecule has 158 valence electrons. The van der Waals surface area contributed by atoms with Gasteiger partial charge < -0.3 is 28.8 Å². The summed E-state index contributed by atoms with van der Waals surface area (Å²) < 4.78 is 21.8. The van der Waals surface area contributed by atoms with Crippen LogP contribution in [0.2, 0.25) is 0 Å². The van der Waals surface area contributed by atoms with Crippen molar-refractivity contribution in [2.24, 2.45) is 0 Å². The second-order valence-corrected chi connectivity index (χ2v) is 7.27. The molecule has 3 aromatic rings. The maximum atomic E-state index is 13.4. The van der Waals surface area contributed by atoms with Gasteiger partial charge in [-0.15, -0.1) is 0 Å². The van der Waals surface area contributed by atoms with Crippen LogP contribution in [0.15, 0.2) is 30.3 Å². The van der Waals surface area contributed by atoms with Crippen molar-refractivity contribution >= 4 is 16.8 Å². The Balaban J connectivity index is 1.71. The Morgan fingerprint density at radius 2 is 1.57 bits per heavy atom. The number of aromatic amines is 1. The van der Waals surface area contributed by atoms with Crippen LogP contribution < -0.4 is 18.9 Å². The number of ether oxygens (including phenoxy) is 4. The quantitative estimate of drug-likeness (QED) is 0.689. The van der Waals surface area contributed by atoms with E-state index in [0.717, 1.165) is 22.9 Å². The number of nitrogens with zero attached hydrogens (tertiary/aromatic N) is 1. The van der Waals surface area contributed by atoms with E-state index < -0.39 is 0 Å². The second-order valence-electron chi connectivity index (χ2n) is 7.27. The molecule has 1 aromatic heterocycles. The zero-order chi connectivity index (χ0) is 21.4. The molecule has 1 N–H and O–H groups in total. The molecule has 0 aliphatic carbocycles. The lowest BCUT2D eigenvalue weighted by atomic mass is 9.92. The van der Waals surface area contributed by atoms with Crippen molar-refractivity contribution in [1.82, 2.24) is 9.88 Å². The highest BCUT2D eigenvalue weighted by molar-refractivity contribution is 6.01. The largest absolute Gasteiger partial charge is 0.496 e. The third-order valence-electron chi connectivity index (χ3n) is 5.83. The van der Waals surface area contributed by atoms with Crippen LogP contribution in [0.4, 0.5) is 0 Å². The van der Waals surface area contributed by atoms with Gasteiger partial charge in [-0.1, -0.05) is 0 Å². The van der Waals surface area contributed by atoms with Crippen LogP contribution in [0.25, 0.3) is 10.9 Å². The summed E-state index contributed by atoms with van der Waals surface area (Å²) in [6.07, 6.45) is 0.749. The van der Waals surface area contributed by atoms with Gasteiger partial charge in [-0.05, 0) is 54.8 Å². The van der Waals surface area contributed by atoms with E-state index in [9.17, 15) is 4.79 Å². The average Bonchev–Trinajstić information content (AvgIpc) is 3.23. The average molecular weight is 410 g/mol. The summed E-state index contributed by atoms with van der Waals surface area (Å²) in [5.41, 5.74) is 3.49. The minimum Gasteiger partial charge on any atom is -0.496 e.